The molecule has 3 rings (SSSR count). The van der Waals surface area contributed by atoms with E-state index in [-0.39, 0.29) is 0 Å². The summed E-state index contributed by atoms with van der Waals surface area (Å²) in [5.41, 5.74) is 9.95. The SMILES string of the molecule is Cc1cc(C)c2cc3c(N)nc(C)nc3nc2c1. The van der Waals surface area contributed by atoms with Crippen LogP contribution in [0.25, 0.3) is 21.9 Å². The molecule has 0 aliphatic heterocycles. The Bertz CT molecular complexity index is 715. The molecule has 18 heavy (non-hydrogen) atoms. The second-order valence-corrected chi connectivity index (χ2v) is 4.66. The van der Waals surface area contributed by atoms with E-state index in [9.17, 15) is 0 Å². The summed E-state index contributed by atoms with van der Waals surface area (Å²) in [7, 11) is 0. The number of anilines is 1. The summed E-state index contributed by atoms with van der Waals surface area (Å²) in [4.78, 5) is 13.1. The molecule has 0 radical (unpaired) electrons. The third-order valence-corrected chi connectivity index (χ3v) is 3.09. The zero-order chi connectivity index (χ0) is 12.9. The minimum Gasteiger partial charge on any atom is -0.383 e. The number of hydrogen-bond acceptors (Lipinski definition) is 4. The molecule has 0 amide bonds. The molecule has 0 unspecified atom stereocenters. The number of aromatic nitrogens is 3. The van der Waals surface area contributed by atoms with Gasteiger partial charge in [0.05, 0.1) is 10.9 Å². The van der Waals surface area contributed by atoms with Crippen molar-refractivity contribution in [3.63, 3.8) is 0 Å². The number of nitrogens with two attached hydrogens (primary N) is 1. The summed E-state index contributed by atoms with van der Waals surface area (Å²) < 4.78 is 0. The zero-order valence-electron chi connectivity index (χ0n) is 10.7. The minimum atomic E-state index is 0.492. The van der Waals surface area contributed by atoms with Crippen LogP contribution in [0.4, 0.5) is 5.82 Å². The number of aryl methyl sites for hydroxylation is 3. The Kier molecular flexibility index (Phi) is 2.20. The molecule has 2 aromatic heterocycles. The Morgan fingerprint density at radius 2 is 1.67 bits per heavy atom. The van der Waals surface area contributed by atoms with Crippen molar-refractivity contribution in [1.29, 1.82) is 0 Å². The van der Waals surface area contributed by atoms with Crippen molar-refractivity contribution in [3.8, 4) is 0 Å². The van der Waals surface area contributed by atoms with Gasteiger partial charge in [0.1, 0.15) is 11.6 Å². The maximum Gasteiger partial charge on any atom is 0.165 e. The summed E-state index contributed by atoms with van der Waals surface area (Å²) in [5.74, 6) is 1.14. The van der Waals surface area contributed by atoms with Gasteiger partial charge in [-0.15, -0.1) is 0 Å². The molecule has 2 N–H and O–H groups in total. The molecule has 0 atom stereocenters. The van der Waals surface area contributed by atoms with E-state index in [0.717, 1.165) is 16.3 Å². The van der Waals surface area contributed by atoms with Gasteiger partial charge in [-0.1, -0.05) is 6.07 Å². The molecule has 3 aromatic rings. The molecular formula is C14H14N4. The van der Waals surface area contributed by atoms with E-state index >= 15 is 0 Å². The molecule has 4 heteroatoms. The summed E-state index contributed by atoms with van der Waals surface area (Å²) in [6.45, 7) is 5.97. The third-order valence-electron chi connectivity index (χ3n) is 3.09. The molecule has 90 valence electrons. The summed E-state index contributed by atoms with van der Waals surface area (Å²) >= 11 is 0. The zero-order valence-corrected chi connectivity index (χ0v) is 10.7. The highest BCUT2D eigenvalue weighted by molar-refractivity contribution is 5.97. The Morgan fingerprint density at radius 3 is 2.44 bits per heavy atom. The van der Waals surface area contributed by atoms with Gasteiger partial charge in [-0.2, -0.15) is 0 Å². The van der Waals surface area contributed by atoms with Crippen LogP contribution in [0.2, 0.25) is 0 Å². The lowest BCUT2D eigenvalue weighted by Crippen LogP contribution is -1.99. The van der Waals surface area contributed by atoms with Crippen molar-refractivity contribution in [2.24, 2.45) is 0 Å². The van der Waals surface area contributed by atoms with Crippen LogP contribution in [0.3, 0.4) is 0 Å². The van der Waals surface area contributed by atoms with Crippen molar-refractivity contribution in [3.05, 3.63) is 35.2 Å². The average molecular weight is 238 g/mol. The minimum absolute atomic E-state index is 0.492. The standard InChI is InChI=1S/C14H14N4/c1-7-4-8(2)10-6-11-13(15)16-9(3)17-14(11)18-12(10)5-7/h4-6H,1-3H3,(H2,15,16,17,18). The van der Waals surface area contributed by atoms with Gasteiger partial charge in [0.25, 0.3) is 0 Å². The van der Waals surface area contributed by atoms with E-state index in [2.05, 4.69) is 40.9 Å². The quantitative estimate of drug-likeness (QED) is 0.611. The summed E-state index contributed by atoms with van der Waals surface area (Å²) in [6, 6.07) is 6.23. The predicted molar refractivity (Wildman–Crippen MR) is 73.5 cm³/mol. The van der Waals surface area contributed by atoms with Crippen LogP contribution >= 0.6 is 0 Å². The van der Waals surface area contributed by atoms with Crippen molar-refractivity contribution in [2.45, 2.75) is 20.8 Å². The van der Waals surface area contributed by atoms with Gasteiger partial charge in [0, 0.05) is 5.39 Å². The average Bonchev–Trinajstić information content (AvgIpc) is 2.26. The van der Waals surface area contributed by atoms with Crippen molar-refractivity contribution >= 4 is 27.8 Å². The topological polar surface area (TPSA) is 64.7 Å². The molecule has 0 fully saturated rings. The molecular weight excluding hydrogens is 224 g/mol. The van der Waals surface area contributed by atoms with E-state index in [0.29, 0.717) is 17.3 Å². The first-order valence-corrected chi connectivity index (χ1v) is 5.86. The first-order valence-electron chi connectivity index (χ1n) is 5.86. The van der Waals surface area contributed by atoms with E-state index < -0.39 is 0 Å². The highest BCUT2D eigenvalue weighted by Gasteiger charge is 2.08. The lowest BCUT2D eigenvalue weighted by atomic mass is 10.1. The highest BCUT2D eigenvalue weighted by atomic mass is 15.0. The molecule has 1 aromatic carbocycles. The lowest BCUT2D eigenvalue weighted by Gasteiger charge is -2.07. The molecule has 0 spiro atoms. The van der Waals surface area contributed by atoms with Gasteiger partial charge < -0.3 is 5.73 Å². The molecule has 4 nitrogen and oxygen atoms in total. The predicted octanol–water partition coefficient (Wildman–Crippen LogP) is 2.69. The second kappa shape index (κ2) is 3.63. The maximum absolute atomic E-state index is 5.94. The lowest BCUT2D eigenvalue weighted by molar-refractivity contribution is 1.08. The van der Waals surface area contributed by atoms with Crippen LogP contribution in [0.15, 0.2) is 18.2 Å². The molecule has 0 saturated heterocycles. The maximum atomic E-state index is 5.94. The number of hydrogen-bond donors (Lipinski definition) is 1. The Morgan fingerprint density at radius 1 is 0.889 bits per heavy atom. The molecule has 0 saturated carbocycles. The van der Waals surface area contributed by atoms with Gasteiger partial charge in [-0.05, 0) is 44.0 Å². The second-order valence-electron chi connectivity index (χ2n) is 4.66. The number of fused-ring (bicyclic) bond motifs is 2. The Hall–Kier alpha value is -2.23. The van der Waals surface area contributed by atoms with E-state index in [1.54, 1.807) is 0 Å². The normalized spacial score (nSPS) is 11.3. The number of pyridine rings is 1. The van der Waals surface area contributed by atoms with Gasteiger partial charge in [0.2, 0.25) is 0 Å². The fourth-order valence-corrected chi connectivity index (χ4v) is 2.31. The molecule has 0 bridgehead atoms. The monoisotopic (exact) mass is 238 g/mol. The van der Waals surface area contributed by atoms with Crippen LogP contribution in [0, 0.1) is 20.8 Å². The number of rotatable bonds is 0. The van der Waals surface area contributed by atoms with E-state index in [4.69, 9.17) is 5.73 Å². The number of nitrogens with zero attached hydrogens (tertiary/aromatic N) is 3. The van der Waals surface area contributed by atoms with E-state index in [1.807, 2.05) is 13.0 Å². The van der Waals surface area contributed by atoms with Crippen molar-refractivity contribution in [2.75, 3.05) is 5.73 Å². The highest BCUT2D eigenvalue weighted by Crippen LogP contribution is 2.25. The molecule has 0 aliphatic carbocycles. The van der Waals surface area contributed by atoms with Crippen LogP contribution in [-0.2, 0) is 0 Å². The van der Waals surface area contributed by atoms with Crippen molar-refractivity contribution < 1.29 is 0 Å². The largest absolute Gasteiger partial charge is 0.383 e. The molecule has 2 heterocycles. The number of benzene rings is 1. The third kappa shape index (κ3) is 1.57. The fourth-order valence-electron chi connectivity index (χ4n) is 2.31. The van der Waals surface area contributed by atoms with Crippen LogP contribution < -0.4 is 5.73 Å². The molecule has 0 aliphatic rings. The summed E-state index contributed by atoms with van der Waals surface area (Å²) in [6.07, 6.45) is 0. The Balaban J connectivity index is 2.51. The summed E-state index contributed by atoms with van der Waals surface area (Å²) in [5, 5.41) is 1.92. The van der Waals surface area contributed by atoms with Crippen LogP contribution in [0.1, 0.15) is 17.0 Å². The smallest absolute Gasteiger partial charge is 0.165 e. The van der Waals surface area contributed by atoms with Gasteiger partial charge in [-0.25, -0.2) is 15.0 Å². The van der Waals surface area contributed by atoms with Crippen LogP contribution in [0.5, 0.6) is 0 Å². The fraction of sp³-hybridized carbons (Fsp3) is 0.214. The first-order chi connectivity index (χ1) is 8.54. The van der Waals surface area contributed by atoms with Gasteiger partial charge >= 0.3 is 0 Å². The van der Waals surface area contributed by atoms with Crippen LogP contribution in [-0.4, -0.2) is 15.0 Å². The Labute approximate surface area is 105 Å². The van der Waals surface area contributed by atoms with Gasteiger partial charge in [0.15, 0.2) is 5.65 Å². The van der Waals surface area contributed by atoms with E-state index in [1.165, 1.54) is 11.1 Å². The van der Waals surface area contributed by atoms with Crippen molar-refractivity contribution in [1.82, 2.24) is 15.0 Å². The first kappa shape index (κ1) is 10.9. The number of nitrogen functional groups attached to an aromatic ring is 1. The van der Waals surface area contributed by atoms with Gasteiger partial charge in [-0.3, -0.25) is 0 Å².